The Labute approximate surface area is 106 Å². The molecular weight excluding hydrogens is 232 g/mol. The fraction of sp³-hybridized carbons (Fsp3) is 0.385. The van der Waals surface area contributed by atoms with Crippen LogP contribution in [-0.4, -0.2) is 18.4 Å². The molecule has 0 fully saturated rings. The molecule has 0 saturated carbocycles. The van der Waals surface area contributed by atoms with Gasteiger partial charge in [0.15, 0.2) is 0 Å². The van der Waals surface area contributed by atoms with E-state index in [2.05, 4.69) is 5.32 Å². The minimum atomic E-state index is -0.482. The summed E-state index contributed by atoms with van der Waals surface area (Å²) >= 11 is 0. The number of rotatable bonds is 6. The summed E-state index contributed by atoms with van der Waals surface area (Å²) in [7, 11) is 0. The second-order valence-corrected chi connectivity index (χ2v) is 4.02. The molecule has 1 aromatic carbocycles. The zero-order chi connectivity index (χ0) is 13.5. The van der Waals surface area contributed by atoms with E-state index in [4.69, 9.17) is 10.5 Å². The first-order chi connectivity index (χ1) is 8.52. The van der Waals surface area contributed by atoms with Crippen LogP contribution < -0.4 is 15.8 Å². The molecule has 2 amide bonds. The third-order valence-corrected chi connectivity index (χ3v) is 2.39. The number of nitrogens with one attached hydrogen (secondary N) is 1. The molecule has 0 bridgehead atoms. The largest absolute Gasteiger partial charge is 0.494 e. The van der Waals surface area contributed by atoms with Crippen LogP contribution in [0.15, 0.2) is 24.3 Å². The number of hydrogen-bond donors (Lipinski definition) is 2. The van der Waals surface area contributed by atoms with Gasteiger partial charge in [0.25, 0.3) is 0 Å². The Hall–Kier alpha value is -2.04. The fourth-order valence-electron chi connectivity index (χ4n) is 1.46. The van der Waals surface area contributed by atoms with Gasteiger partial charge >= 0.3 is 0 Å². The van der Waals surface area contributed by atoms with E-state index in [1.165, 1.54) is 0 Å². The molecular formula is C13H18N2O3. The summed E-state index contributed by atoms with van der Waals surface area (Å²) in [5.74, 6) is -0.392. The number of anilines is 1. The Morgan fingerprint density at radius 2 is 1.94 bits per heavy atom. The molecule has 5 nitrogen and oxygen atoms in total. The van der Waals surface area contributed by atoms with Gasteiger partial charge in [-0.15, -0.1) is 0 Å². The van der Waals surface area contributed by atoms with Crippen LogP contribution >= 0.6 is 0 Å². The highest BCUT2D eigenvalue weighted by atomic mass is 16.5. The van der Waals surface area contributed by atoms with Crippen molar-refractivity contribution in [2.45, 2.75) is 20.3 Å². The van der Waals surface area contributed by atoms with E-state index in [0.29, 0.717) is 12.3 Å². The van der Waals surface area contributed by atoms with Crippen molar-refractivity contribution in [1.29, 1.82) is 0 Å². The average molecular weight is 250 g/mol. The highest BCUT2D eigenvalue weighted by molar-refractivity contribution is 5.94. The lowest BCUT2D eigenvalue weighted by atomic mass is 10.1. The summed E-state index contributed by atoms with van der Waals surface area (Å²) < 4.78 is 5.29. The van der Waals surface area contributed by atoms with Gasteiger partial charge in [-0.05, 0) is 31.2 Å². The summed E-state index contributed by atoms with van der Waals surface area (Å²) in [6, 6.07) is 7.05. The Morgan fingerprint density at radius 3 is 2.44 bits per heavy atom. The number of nitrogens with two attached hydrogens (primary N) is 1. The van der Waals surface area contributed by atoms with Gasteiger partial charge in [-0.2, -0.15) is 0 Å². The van der Waals surface area contributed by atoms with Crippen molar-refractivity contribution in [3.8, 4) is 5.75 Å². The molecule has 0 saturated heterocycles. The van der Waals surface area contributed by atoms with Gasteiger partial charge in [0, 0.05) is 18.0 Å². The summed E-state index contributed by atoms with van der Waals surface area (Å²) in [6.07, 6.45) is 0.0445. The van der Waals surface area contributed by atoms with Gasteiger partial charge < -0.3 is 15.8 Å². The maximum absolute atomic E-state index is 11.7. The highest BCUT2D eigenvalue weighted by Gasteiger charge is 2.15. The molecule has 0 aromatic heterocycles. The van der Waals surface area contributed by atoms with Crippen molar-refractivity contribution in [3.63, 3.8) is 0 Å². The lowest BCUT2D eigenvalue weighted by Gasteiger charge is -2.11. The fourth-order valence-corrected chi connectivity index (χ4v) is 1.46. The number of hydrogen-bond acceptors (Lipinski definition) is 3. The van der Waals surface area contributed by atoms with Gasteiger partial charge in [0.1, 0.15) is 5.75 Å². The normalized spacial score (nSPS) is 11.7. The topological polar surface area (TPSA) is 81.4 Å². The minimum absolute atomic E-state index is 0.0445. The number of primary amides is 1. The SMILES string of the molecule is CCOc1ccc(NC(=O)C(C)CC(N)=O)cc1. The maximum atomic E-state index is 11.7. The first-order valence-electron chi connectivity index (χ1n) is 5.85. The van der Waals surface area contributed by atoms with E-state index in [1.807, 2.05) is 6.92 Å². The molecule has 1 atom stereocenters. The van der Waals surface area contributed by atoms with E-state index < -0.39 is 11.8 Å². The van der Waals surface area contributed by atoms with Crippen LogP contribution in [0.5, 0.6) is 5.75 Å². The smallest absolute Gasteiger partial charge is 0.227 e. The number of amides is 2. The molecule has 0 radical (unpaired) electrons. The second kappa shape index (κ2) is 6.64. The van der Waals surface area contributed by atoms with Crippen molar-refractivity contribution in [1.82, 2.24) is 0 Å². The zero-order valence-electron chi connectivity index (χ0n) is 10.6. The van der Waals surface area contributed by atoms with Gasteiger partial charge in [0.05, 0.1) is 6.61 Å². The molecule has 98 valence electrons. The summed E-state index contributed by atoms with van der Waals surface area (Å²) in [6.45, 7) is 4.16. The lowest BCUT2D eigenvalue weighted by molar-refractivity contribution is -0.125. The molecule has 0 spiro atoms. The van der Waals surface area contributed by atoms with Crippen molar-refractivity contribution in [2.75, 3.05) is 11.9 Å². The average Bonchev–Trinajstić information content (AvgIpc) is 2.31. The number of benzene rings is 1. The maximum Gasteiger partial charge on any atom is 0.227 e. The van der Waals surface area contributed by atoms with Crippen molar-refractivity contribution in [3.05, 3.63) is 24.3 Å². The number of carbonyl (C=O) groups is 2. The summed E-state index contributed by atoms with van der Waals surface area (Å²) in [5.41, 5.74) is 5.71. The predicted molar refractivity (Wildman–Crippen MR) is 69.2 cm³/mol. The van der Waals surface area contributed by atoms with Crippen LogP contribution in [0, 0.1) is 5.92 Å². The summed E-state index contributed by atoms with van der Waals surface area (Å²) in [5, 5.41) is 2.71. The van der Waals surface area contributed by atoms with E-state index in [9.17, 15) is 9.59 Å². The number of ether oxygens (including phenoxy) is 1. The van der Waals surface area contributed by atoms with Crippen LogP contribution in [-0.2, 0) is 9.59 Å². The molecule has 0 aliphatic heterocycles. The zero-order valence-corrected chi connectivity index (χ0v) is 10.6. The van der Waals surface area contributed by atoms with Crippen LogP contribution in [0.4, 0.5) is 5.69 Å². The molecule has 3 N–H and O–H groups in total. The standard InChI is InChI=1S/C13H18N2O3/c1-3-18-11-6-4-10(5-7-11)15-13(17)9(2)8-12(14)16/h4-7,9H,3,8H2,1-2H3,(H2,14,16)(H,15,17). The van der Waals surface area contributed by atoms with Crippen molar-refractivity contribution < 1.29 is 14.3 Å². The Balaban J connectivity index is 2.56. The van der Waals surface area contributed by atoms with E-state index in [-0.39, 0.29) is 12.3 Å². The third kappa shape index (κ3) is 4.45. The predicted octanol–water partition coefficient (Wildman–Crippen LogP) is 1.54. The Morgan fingerprint density at radius 1 is 1.33 bits per heavy atom. The van der Waals surface area contributed by atoms with Crippen LogP contribution in [0.3, 0.4) is 0 Å². The molecule has 1 aromatic rings. The molecule has 18 heavy (non-hydrogen) atoms. The minimum Gasteiger partial charge on any atom is -0.494 e. The molecule has 5 heteroatoms. The lowest BCUT2D eigenvalue weighted by Crippen LogP contribution is -2.25. The van der Waals surface area contributed by atoms with Gasteiger partial charge in [0.2, 0.25) is 11.8 Å². The van der Waals surface area contributed by atoms with Crippen molar-refractivity contribution >= 4 is 17.5 Å². The second-order valence-electron chi connectivity index (χ2n) is 4.02. The molecule has 0 aliphatic carbocycles. The van der Waals surface area contributed by atoms with E-state index in [0.717, 1.165) is 5.75 Å². The molecule has 0 aliphatic rings. The van der Waals surface area contributed by atoms with E-state index in [1.54, 1.807) is 31.2 Å². The van der Waals surface area contributed by atoms with Gasteiger partial charge in [-0.1, -0.05) is 6.92 Å². The van der Waals surface area contributed by atoms with Gasteiger partial charge in [-0.25, -0.2) is 0 Å². The molecule has 0 heterocycles. The monoisotopic (exact) mass is 250 g/mol. The first kappa shape index (κ1) is 14.0. The Kier molecular flexibility index (Phi) is 5.17. The molecule has 1 rings (SSSR count). The van der Waals surface area contributed by atoms with Crippen LogP contribution in [0.25, 0.3) is 0 Å². The van der Waals surface area contributed by atoms with Crippen LogP contribution in [0.1, 0.15) is 20.3 Å². The first-order valence-corrected chi connectivity index (χ1v) is 5.85. The van der Waals surface area contributed by atoms with Crippen molar-refractivity contribution in [2.24, 2.45) is 11.7 Å². The summed E-state index contributed by atoms with van der Waals surface area (Å²) in [4.78, 5) is 22.4. The van der Waals surface area contributed by atoms with Crippen LogP contribution in [0.2, 0.25) is 0 Å². The molecule has 1 unspecified atom stereocenters. The quantitative estimate of drug-likeness (QED) is 0.803. The third-order valence-electron chi connectivity index (χ3n) is 2.39. The van der Waals surface area contributed by atoms with E-state index >= 15 is 0 Å². The van der Waals surface area contributed by atoms with Gasteiger partial charge in [-0.3, -0.25) is 9.59 Å². The number of carbonyl (C=O) groups excluding carboxylic acids is 2. The highest BCUT2D eigenvalue weighted by Crippen LogP contribution is 2.16. The Bertz CT molecular complexity index is 415.